The topological polar surface area (TPSA) is 42.4 Å². The number of morpholine rings is 1. The first-order chi connectivity index (χ1) is 9.08. The van der Waals surface area contributed by atoms with Crippen molar-refractivity contribution in [1.29, 1.82) is 0 Å². The first-order valence-corrected chi connectivity index (χ1v) is 7.70. The van der Waals surface area contributed by atoms with Crippen LogP contribution in [0.3, 0.4) is 0 Å². The number of carbonyl (C=O) groups excluding carboxylic acids is 1. The Morgan fingerprint density at radius 1 is 1.42 bits per heavy atom. The minimum atomic E-state index is 0.138. The van der Waals surface area contributed by atoms with Gasteiger partial charge in [0.05, 0.1) is 28.8 Å². The summed E-state index contributed by atoms with van der Waals surface area (Å²) in [7, 11) is 0. The van der Waals surface area contributed by atoms with Crippen LogP contribution in [-0.4, -0.2) is 48.5 Å². The van der Waals surface area contributed by atoms with E-state index in [1.54, 1.807) is 18.3 Å². The number of hydrogen-bond donors (Lipinski definition) is 0. The molecule has 106 valence electrons. The van der Waals surface area contributed by atoms with Gasteiger partial charge >= 0.3 is 0 Å². The zero-order valence-corrected chi connectivity index (χ0v) is 12.8. The molecule has 1 fully saturated rings. The van der Waals surface area contributed by atoms with E-state index in [1.807, 2.05) is 0 Å². The fourth-order valence-electron chi connectivity index (χ4n) is 2.21. The van der Waals surface area contributed by atoms with Crippen LogP contribution in [0.4, 0.5) is 0 Å². The van der Waals surface area contributed by atoms with Crippen molar-refractivity contribution in [2.24, 2.45) is 0 Å². The fraction of sp³-hybridized carbons (Fsp3) is 0.714. The van der Waals surface area contributed by atoms with Crippen LogP contribution in [0, 0.1) is 0 Å². The summed E-state index contributed by atoms with van der Waals surface area (Å²) >= 11 is 1.57. The molecular formula is C14H22N2O2S. The van der Waals surface area contributed by atoms with Crippen LogP contribution in [0.1, 0.15) is 47.1 Å². The third kappa shape index (κ3) is 3.84. The predicted octanol–water partition coefficient (Wildman–Crippen LogP) is 2.34. The minimum absolute atomic E-state index is 0.138. The van der Waals surface area contributed by atoms with Crippen LogP contribution in [0.5, 0.6) is 0 Å². The van der Waals surface area contributed by atoms with Crippen LogP contribution < -0.4 is 0 Å². The molecule has 4 nitrogen and oxygen atoms in total. The lowest BCUT2D eigenvalue weighted by molar-refractivity contribution is 0.0384. The SMILES string of the molecule is CC(=O)c1sc(CCN2CCOCC2)nc1C(C)C. The number of rotatable bonds is 5. The van der Waals surface area contributed by atoms with Crippen molar-refractivity contribution < 1.29 is 9.53 Å². The highest BCUT2D eigenvalue weighted by molar-refractivity contribution is 7.13. The van der Waals surface area contributed by atoms with Gasteiger partial charge in [0.2, 0.25) is 0 Å². The molecule has 1 aliphatic heterocycles. The number of Topliss-reactive ketones (excluding diaryl/α,β-unsaturated/α-hetero) is 1. The maximum Gasteiger partial charge on any atom is 0.171 e. The number of hydrogen-bond acceptors (Lipinski definition) is 5. The molecule has 2 rings (SSSR count). The Labute approximate surface area is 118 Å². The Bertz CT molecular complexity index is 437. The first-order valence-electron chi connectivity index (χ1n) is 6.88. The van der Waals surface area contributed by atoms with Crippen LogP contribution in [0.25, 0.3) is 0 Å². The van der Waals surface area contributed by atoms with Crippen LogP contribution in [-0.2, 0) is 11.2 Å². The van der Waals surface area contributed by atoms with E-state index in [2.05, 4.69) is 23.7 Å². The van der Waals surface area contributed by atoms with E-state index in [0.29, 0.717) is 5.92 Å². The van der Waals surface area contributed by atoms with E-state index < -0.39 is 0 Å². The van der Waals surface area contributed by atoms with Gasteiger partial charge in [0.15, 0.2) is 5.78 Å². The maximum atomic E-state index is 11.6. The third-order valence-electron chi connectivity index (χ3n) is 3.31. The Morgan fingerprint density at radius 3 is 2.63 bits per heavy atom. The molecule has 2 heterocycles. The normalized spacial score (nSPS) is 17.1. The van der Waals surface area contributed by atoms with Gasteiger partial charge in [-0.05, 0) is 5.92 Å². The lowest BCUT2D eigenvalue weighted by Crippen LogP contribution is -2.37. The summed E-state index contributed by atoms with van der Waals surface area (Å²) in [6, 6.07) is 0. The van der Waals surface area contributed by atoms with E-state index in [-0.39, 0.29) is 5.78 Å². The number of thiazole rings is 1. The molecule has 0 N–H and O–H groups in total. The predicted molar refractivity (Wildman–Crippen MR) is 77.2 cm³/mol. The summed E-state index contributed by atoms with van der Waals surface area (Å²) in [4.78, 5) is 19.5. The number of ether oxygens (including phenoxy) is 1. The molecular weight excluding hydrogens is 260 g/mol. The van der Waals surface area contributed by atoms with Crippen molar-refractivity contribution in [3.63, 3.8) is 0 Å². The summed E-state index contributed by atoms with van der Waals surface area (Å²) in [5, 5.41) is 1.08. The molecule has 1 aliphatic rings. The van der Waals surface area contributed by atoms with Gasteiger partial charge in [-0.1, -0.05) is 13.8 Å². The van der Waals surface area contributed by atoms with Crippen molar-refractivity contribution in [2.75, 3.05) is 32.8 Å². The summed E-state index contributed by atoms with van der Waals surface area (Å²) in [6.45, 7) is 10.5. The van der Waals surface area contributed by atoms with Gasteiger partial charge in [-0.15, -0.1) is 11.3 Å². The Kier molecular flexibility index (Phi) is 5.07. The standard InChI is InChI=1S/C14H22N2O2S/c1-10(2)13-14(11(3)17)19-12(15-13)4-5-16-6-8-18-9-7-16/h10H,4-9H2,1-3H3. The van der Waals surface area contributed by atoms with Gasteiger partial charge in [-0.25, -0.2) is 4.98 Å². The van der Waals surface area contributed by atoms with E-state index in [1.165, 1.54) is 0 Å². The Hall–Kier alpha value is -0.780. The second-order valence-electron chi connectivity index (χ2n) is 5.24. The average Bonchev–Trinajstić information content (AvgIpc) is 2.82. The van der Waals surface area contributed by atoms with E-state index in [0.717, 1.165) is 54.8 Å². The number of carbonyl (C=O) groups is 1. The van der Waals surface area contributed by atoms with Crippen LogP contribution in [0.2, 0.25) is 0 Å². The van der Waals surface area contributed by atoms with E-state index in [9.17, 15) is 4.79 Å². The average molecular weight is 282 g/mol. The van der Waals surface area contributed by atoms with Crippen LogP contribution in [0.15, 0.2) is 0 Å². The molecule has 0 amide bonds. The van der Waals surface area contributed by atoms with Crippen molar-refractivity contribution in [2.45, 2.75) is 33.1 Å². The molecule has 0 radical (unpaired) electrons. The van der Waals surface area contributed by atoms with Gasteiger partial charge < -0.3 is 4.74 Å². The fourth-order valence-corrected chi connectivity index (χ4v) is 3.31. The van der Waals surface area contributed by atoms with E-state index in [4.69, 9.17) is 4.74 Å². The lowest BCUT2D eigenvalue weighted by Gasteiger charge is -2.25. The smallest absolute Gasteiger partial charge is 0.171 e. The number of nitrogens with zero attached hydrogens (tertiary/aromatic N) is 2. The molecule has 0 spiro atoms. The summed E-state index contributed by atoms with van der Waals surface area (Å²) < 4.78 is 5.34. The van der Waals surface area contributed by atoms with Gasteiger partial charge in [0.1, 0.15) is 0 Å². The van der Waals surface area contributed by atoms with Crippen molar-refractivity contribution in [1.82, 2.24) is 9.88 Å². The highest BCUT2D eigenvalue weighted by atomic mass is 32.1. The molecule has 19 heavy (non-hydrogen) atoms. The molecule has 0 aliphatic carbocycles. The van der Waals surface area contributed by atoms with E-state index >= 15 is 0 Å². The molecule has 0 saturated carbocycles. The monoisotopic (exact) mass is 282 g/mol. The molecule has 1 aromatic heterocycles. The molecule has 1 aromatic rings. The highest BCUT2D eigenvalue weighted by Gasteiger charge is 2.18. The third-order valence-corrected chi connectivity index (χ3v) is 4.54. The first kappa shape index (κ1) is 14.6. The summed E-state index contributed by atoms with van der Waals surface area (Å²) in [5.41, 5.74) is 0.967. The zero-order valence-electron chi connectivity index (χ0n) is 11.9. The van der Waals surface area contributed by atoms with Crippen LogP contribution >= 0.6 is 11.3 Å². The van der Waals surface area contributed by atoms with Crippen molar-refractivity contribution in [3.8, 4) is 0 Å². The van der Waals surface area contributed by atoms with Gasteiger partial charge in [0.25, 0.3) is 0 Å². The second kappa shape index (κ2) is 6.59. The molecule has 5 heteroatoms. The minimum Gasteiger partial charge on any atom is -0.379 e. The number of ketones is 1. The molecule has 0 bridgehead atoms. The van der Waals surface area contributed by atoms with Crippen molar-refractivity contribution in [3.05, 3.63) is 15.6 Å². The summed E-state index contributed by atoms with van der Waals surface area (Å²) in [5.74, 6) is 0.450. The molecule has 0 unspecified atom stereocenters. The quantitative estimate of drug-likeness (QED) is 0.778. The largest absolute Gasteiger partial charge is 0.379 e. The zero-order chi connectivity index (χ0) is 13.8. The molecule has 1 saturated heterocycles. The summed E-state index contributed by atoms with van der Waals surface area (Å²) in [6.07, 6.45) is 0.928. The molecule has 0 atom stereocenters. The van der Waals surface area contributed by atoms with Crippen molar-refractivity contribution >= 4 is 17.1 Å². The Balaban J connectivity index is 2.00. The lowest BCUT2D eigenvalue weighted by atomic mass is 10.1. The van der Waals surface area contributed by atoms with Gasteiger partial charge in [-0.2, -0.15) is 0 Å². The number of aromatic nitrogens is 1. The maximum absolute atomic E-state index is 11.6. The molecule has 0 aromatic carbocycles. The van der Waals surface area contributed by atoms with Gasteiger partial charge in [-0.3, -0.25) is 9.69 Å². The van der Waals surface area contributed by atoms with Gasteiger partial charge in [0, 0.05) is 33.0 Å². The Morgan fingerprint density at radius 2 is 2.11 bits per heavy atom. The second-order valence-corrected chi connectivity index (χ2v) is 6.32. The highest BCUT2D eigenvalue weighted by Crippen LogP contribution is 2.26.